The van der Waals surface area contributed by atoms with Crippen LogP contribution >= 0.6 is 0 Å². The number of hydrogen-bond donors (Lipinski definition) is 0. The van der Waals surface area contributed by atoms with Crippen LogP contribution < -0.4 is 9.30 Å². The molecule has 0 fully saturated rings. The standard InChI is InChI=1S/C66H49N5O.Pt/c1-43-18-14-29-56-57-30-15-19-44(2)64(57)70(63(43)56)49-32-35-59-61(40-49)68(42-69(59)65-52(45-20-8-6-9-21-45)27-17-28-53(65)46-22-10-7-11-23-46)48-24-16-25-50(39-48)72-51-33-34-55-54-26-12-13-31-58(54)71(60(55)41-51)62-38-47(36-37-67-62)66(3,4)5;/h6-38,40H,1-5H3;/q-2;/i6D,7D,8D,9D,10D,11D,20D,21D,22D,23D;. The summed E-state index contributed by atoms with van der Waals surface area (Å²) in [5.74, 6) is 1.51. The summed E-state index contributed by atoms with van der Waals surface area (Å²) in [6.45, 7) is 10.7. The van der Waals surface area contributed by atoms with Crippen LogP contribution in [0.1, 0.15) is 51.2 Å². The number of pyridine rings is 1. The molecule has 0 aliphatic carbocycles. The molecule has 0 saturated carbocycles. The number of ether oxygens (including phenoxy) is 1. The maximum absolute atomic E-state index is 9.26. The van der Waals surface area contributed by atoms with E-state index < -0.39 is 60.4 Å². The molecule has 4 aromatic heterocycles. The van der Waals surface area contributed by atoms with Gasteiger partial charge in [-0.3, -0.25) is 4.57 Å². The molecule has 6 nitrogen and oxygen atoms in total. The Morgan fingerprint density at radius 2 is 1.21 bits per heavy atom. The van der Waals surface area contributed by atoms with Gasteiger partial charge in [0.05, 0.1) is 41.5 Å². The minimum Gasteiger partial charge on any atom is -0.510 e. The Balaban J connectivity index is 0.00000680. The Kier molecular flexibility index (Phi) is 8.85. The Bertz CT molecular complexity index is 4680. The molecule has 0 N–H and O–H groups in total. The number of nitrogens with zero attached hydrogens (tertiary/aromatic N) is 5. The molecule has 0 aliphatic heterocycles. The molecule has 73 heavy (non-hydrogen) atoms. The first-order chi connectivity index (χ1) is 39.3. The molecular weight excluding hydrogens is 1070 g/mol. The van der Waals surface area contributed by atoms with Crippen LogP contribution in [0.3, 0.4) is 0 Å². The average molecular weight is 1130 g/mol. The molecule has 0 amide bonds. The zero-order valence-corrected chi connectivity index (χ0v) is 42.6. The first kappa shape index (κ1) is 35.7. The molecule has 13 aromatic rings. The zero-order valence-electron chi connectivity index (χ0n) is 50.3. The van der Waals surface area contributed by atoms with E-state index in [1.165, 1.54) is 0 Å². The average Bonchev–Trinajstić information content (AvgIpc) is 3.79. The van der Waals surface area contributed by atoms with Gasteiger partial charge in [-0.25, -0.2) is 4.98 Å². The van der Waals surface area contributed by atoms with Gasteiger partial charge in [0.2, 0.25) is 0 Å². The van der Waals surface area contributed by atoms with Gasteiger partial charge in [-0.1, -0.05) is 166 Å². The number of fused-ring (bicyclic) bond motifs is 7. The van der Waals surface area contributed by atoms with Crippen molar-refractivity contribution in [2.24, 2.45) is 0 Å². The minimum absolute atomic E-state index is 0. The van der Waals surface area contributed by atoms with Crippen molar-refractivity contribution >= 4 is 54.6 Å². The number of aryl methyl sites for hydroxylation is 2. The van der Waals surface area contributed by atoms with E-state index in [4.69, 9.17) is 17.9 Å². The first-order valence-electron chi connectivity index (χ1n) is 28.7. The van der Waals surface area contributed by atoms with Crippen molar-refractivity contribution in [2.75, 3.05) is 0 Å². The summed E-state index contributed by atoms with van der Waals surface area (Å²) in [5.41, 5.74) is 9.34. The molecule has 0 spiro atoms. The van der Waals surface area contributed by atoms with Crippen LogP contribution in [0.25, 0.3) is 99.8 Å². The van der Waals surface area contributed by atoms with Crippen molar-refractivity contribution < 1.29 is 44.1 Å². The van der Waals surface area contributed by atoms with Gasteiger partial charge in [-0.15, -0.1) is 29.7 Å². The fraction of sp³-hybridized carbons (Fsp3) is 0.0909. The molecule has 0 bridgehead atoms. The summed E-state index contributed by atoms with van der Waals surface area (Å²) in [5, 5.41) is 4.16. The Morgan fingerprint density at radius 3 is 1.89 bits per heavy atom. The minimum atomic E-state index is -0.582. The summed E-state index contributed by atoms with van der Waals surface area (Å²) >= 11 is 0. The van der Waals surface area contributed by atoms with Crippen LogP contribution in [0.2, 0.25) is 0 Å². The number of aromatic nitrogens is 5. The van der Waals surface area contributed by atoms with Crippen LogP contribution in [0, 0.1) is 32.3 Å². The summed E-state index contributed by atoms with van der Waals surface area (Å²) < 4.78 is 104. The fourth-order valence-electron chi connectivity index (χ4n) is 10.2. The number of para-hydroxylation sites is 4. The van der Waals surface area contributed by atoms with E-state index in [9.17, 15) is 5.48 Å². The molecule has 0 radical (unpaired) electrons. The van der Waals surface area contributed by atoms with Crippen molar-refractivity contribution in [1.82, 2.24) is 18.7 Å². The van der Waals surface area contributed by atoms with Gasteiger partial charge in [0.1, 0.15) is 5.82 Å². The predicted molar refractivity (Wildman–Crippen MR) is 293 cm³/mol. The van der Waals surface area contributed by atoms with Gasteiger partial charge in [-0.05, 0) is 99.6 Å². The molecule has 0 aliphatic rings. The van der Waals surface area contributed by atoms with Crippen LogP contribution in [-0.4, -0.2) is 18.7 Å². The summed E-state index contributed by atoms with van der Waals surface area (Å²) in [4.78, 5) is 4.85. The van der Waals surface area contributed by atoms with E-state index in [-0.39, 0.29) is 54.4 Å². The Labute approximate surface area is 453 Å². The molecule has 9 aromatic carbocycles. The van der Waals surface area contributed by atoms with Gasteiger partial charge in [0, 0.05) is 60.7 Å². The van der Waals surface area contributed by atoms with Crippen molar-refractivity contribution in [1.29, 1.82) is 0 Å². The van der Waals surface area contributed by atoms with Crippen molar-refractivity contribution in [3.8, 4) is 56.6 Å². The molecule has 0 atom stereocenters. The molecule has 0 saturated heterocycles. The van der Waals surface area contributed by atoms with E-state index in [2.05, 4.69) is 117 Å². The van der Waals surface area contributed by atoms with Crippen LogP contribution in [0.4, 0.5) is 0 Å². The summed E-state index contributed by atoms with van der Waals surface area (Å²) in [7, 11) is 0. The van der Waals surface area contributed by atoms with Crippen molar-refractivity contribution in [3.63, 3.8) is 0 Å². The molecule has 0 unspecified atom stereocenters. The quantitative estimate of drug-likeness (QED) is 0.112. The molecular formula is C66H49N5OPt-2. The monoisotopic (exact) mass is 1130 g/mol. The SMILES string of the molecule is [2H]c1c([2H])c([2H])c(-c2cccc(-c3c([2H])c([2H])c([2H])c([2H])c3[2H])c2-[n+]2[c-]n(-c3[c-]c(Oc4[c-]c5c(cc4)c4ccccc4n5-c4cc(C(C)(C)C)ccn4)ccc3)c3cc(-n4c5c(C)cccc5c5cccc(C)c54)ccc32)c([2H])c1[2H].[Pt]. The second-order valence-corrected chi connectivity index (χ2v) is 19.0. The van der Waals surface area contributed by atoms with Gasteiger partial charge in [0.15, 0.2) is 0 Å². The predicted octanol–water partition coefficient (Wildman–Crippen LogP) is 15.9. The number of imidazole rings is 1. The topological polar surface area (TPSA) is 40.8 Å². The van der Waals surface area contributed by atoms with Gasteiger partial charge in [0.25, 0.3) is 6.33 Å². The van der Waals surface area contributed by atoms with E-state index in [0.29, 0.717) is 28.2 Å². The third-order valence-corrected chi connectivity index (χ3v) is 13.5. The van der Waals surface area contributed by atoms with Gasteiger partial charge in [-0.2, -0.15) is 18.2 Å². The van der Waals surface area contributed by atoms with E-state index in [1.807, 2.05) is 66.9 Å². The summed E-state index contributed by atoms with van der Waals surface area (Å²) in [6, 6.07) is 46.6. The van der Waals surface area contributed by atoms with Crippen LogP contribution in [0.15, 0.2) is 206 Å². The van der Waals surface area contributed by atoms with E-state index in [1.54, 1.807) is 33.4 Å². The molecule has 4 heterocycles. The third-order valence-electron chi connectivity index (χ3n) is 13.5. The van der Waals surface area contributed by atoms with Crippen LogP contribution in [-0.2, 0) is 26.5 Å². The second kappa shape index (κ2) is 18.1. The van der Waals surface area contributed by atoms with Gasteiger partial charge < -0.3 is 18.4 Å². The number of rotatable bonds is 8. The van der Waals surface area contributed by atoms with Gasteiger partial charge >= 0.3 is 0 Å². The maximum Gasteiger partial charge on any atom is 0.268 e. The molecule has 7 heteroatoms. The van der Waals surface area contributed by atoms with Crippen LogP contribution in [0.5, 0.6) is 11.5 Å². The van der Waals surface area contributed by atoms with Crippen molar-refractivity contribution in [2.45, 2.75) is 40.0 Å². The summed E-state index contributed by atoms with van der Waals surface area (Å²) in [6.07, 6.45) is 5.39. The first-order valence-corrected chi connectivity index (χ1v) is 23.7. The molecule has 356 valence electrons. The van der Waals surface area contributed by atoms with E-state index >= 15 is 0 Å². The number of hydrogen-bond acceptors (Lipinski definition) is 2. The van der Waals surface area contributed by atoms with E-state index in [0.717, 1.165) is 71.8 Å². The second-order valence-electron chi connectivity index (χ2n) is 19.0. The maximum atomic E-state index is 9.26. The molecule has 13 rings (SSSR count). The third kappa shape index (κ3) is 7.76. The fourth-order valence-corrected chi connectivity index (χ4v) is 10.2. The normalized spacial score (nSPS) is 13.7. The Morgan fingerprint density at radius 1 is 0.575 bits per heavy atom. The largest absolute Gasteiger partial charge is 0.510 e. The smallest absolute Gasteiger partial charge is 0.268 e. The number of benzene rings is 9. The Hall–Kier alpha value is -8.31. The zero-order chi connectivity index (χ0) is 57.4. The van der Waals surface area contributed by atoms with Crippen molar-refractivity contribution in [3.05, 3.63) is 241 Å².